The Morgan fingerprint density at radius 3 is 1.60 bits per heavy atom. The molecule has 0 aliphatic heterocycles. The van der Waals surface area contributed by atoms with Gasteiger partial charge in [-0.2, -0.15) is 0 Å². The van der Waals surface area contributed by atoms with Gasteiger partial charge in [-0.1, -0.05) is 54.6 Å². The van der Waals surface area contributed by atoms with Crippen molar-refractivity contribution < 1.29 is 26.4 Å². The molecule has 0 unspecified atom stereocenters. The fourth-order valence-corrected chi connectivity index (χ4v) is 7.85. The summed E-state index contributed by atoms with van der Waals surface area (Å²) in [6.45, 7) is 0. The minimum Gasteiger partial charge on any atom is -0.497 e. The van der Waals surface area contributed by atoms with Crippen molar-refractivity contribution in [1.82, 2.24) is 7.94 Å². The summed E-state index contributed by atoms with van der Waals surface area (Å²) in [5.41, 5.74) is 0.148. The molecular weight excluding hydrogens is 548 g/mol. The van der Waals surface area contributed by atoms with Gasteiger partial charge in [-0.3, -0.25) is 4.79 Å². The highest BCUT2D eigenvalue weighted by molar-refractivity contribution is 7.90. The molecule has 200 valence electrons. The van der Waals surface area contributed by atoms with Gasteiger partial charge in [0.15, 0.2) is 0 Å². The fourth-order valence-electron chi connectivity index (χ4n) is 4.79. The van der Waals surface area contributed by atoms with Gasteiger partial charge >= 0.3 is 0 Å². The Balaban J connectivity index is 1.66. The molecule has 0 N–H and O–H groups in total. The van der Waals surface area contributed by atoms with E-state index in [-0.39, 0.29) is 26.7 Å². The lowest BCUT2D eigenvalue weighted by Gasteiger charge is -2.14. The molecule has 2 heterocycles. The van der Waals surface area contributed by atoms with Crippen LogP contribution in [-0.2, 0) is 20.0 Å². The van der Waals surface area contributed by atoms with Crippen molar-refractivity contribution in [3.63, 3.8) is 0 Å². The number of methoxy groups -OCH3 is 1. The standard InChI is InChI=1S/C30H22N2O6S2/c1-38-23-16-17-27-22(18-23)20-29(32(27)40(36,37)25-13-6-3-7-14-25)30(33)28-19-21-10-8-9-15-26(21)31(28)39(34,35)24-11-4-2-5-12-24/h2-20H,1H3. The largest absolute Gasteiger partial charge is 0.497 e. The maximum absolute atomic E-state index is 14.3. The zero-order valence-corrected chi connectivity index (χ0v) is 22.8. The average molecular weight is 571 g/mol. The van der Waals surface area contributed by atoms with Crippen molar-refractivity contribution in [3.8, 4) is 5.75 Å². The molecule has 0 amide bonds. The molecule has 0 spiro atoms. The summed E-state index contributed by atoms with van der Waals surface area (Å²) < 4.78 is 63.0. The Hall–Kier alpha value is -4.67. The van der Waals surface area contributed by atoms with Crippen molar-refractivity contribution in [1.29, 1.82) is 0 Å². The van der Waals surface area contributed by atoms with Crippen LogP contribution in [0.25, 0.3) is 21.8 Å². The Labute approximate surface area is 230 Å². The minimum absolute atomic E-state index is 0.00686. The molecule has 0 saturated carbocycles. The molecule has 0 atom stereocenters. The van der Waals surface area contributed by atoms with E-state index in [2.05, 4.69) is 0 Å². The number of hydrogen-bond donors (Lipinski definition) is 0. The van der Waals surface area contributed by atoms with Crippen molar-refractivity contribution in [2.24, 2.45) is 0 Å². The van der Waals surface area contributed by atoms with E-state index >= 15 is 0 Å². The topological polar surface area (TPSA) is 104 Å². The fraction of sp³-hybridized carbons (Fsp3) is 0.0333. The quantitative estimate of drug-likeness (QED) is 0.241. The predicted octanol–water partition coefficient (Wildman–Crippen LogP) is 5.31. The van der Waals surface area contributed by atoms with Gasteiger partial charge in [-0.15, -0.1) is 0 Å². The maximum atomic E-state index is 14.3. The summed E-state index contributed by atoms with van der Waals surface area (Å²) in [5, 5.41) is 0.955. The van der Waals surface area contributed by atoms with Gasteiger partial charge < -0.3 is 4.74 Å². The number of carbonyl (C=O) groups excluding carboxylic acids is 1. The molecule has 40 heavy (non-hydrogen) atoms. The third-order valence-electron chi connectivity index (χ3n) is 6.66. The van der Waals surface area contributed by atoms with E-state index in [1.165, 1.54) is 43.5 Å². The van der Waals surface area contributed by atoms with Crippen LogP contribution < -0.4 is 4.74 Å². The number of ether oxygens (including phenoxy) is 1. The SMILES string of the molecule is COc1ccc2c(c1)cc(C(=O)c1cc3ccccc3n1S(=O)(=O)c1ccccc1)n2S(=O)(=O)c1ccccc1. The lowest BCUT2D eigenvalue weighted by molar-refractivity contribution is 0.102. The van der Waals surface area contributed by atoms with Crippen LogP contribution in [0, 0.1) is 0 Å². The Morgan fingerprint density at radius 2 is 1.05 bits per heavy atom. The van der Waals surface area contributed by atoms with E-state index in [1.54, 1.807) is 78.9 Å². The number of hydrogen-bond acceptors (Lipinski definition) is 6. The van der Waals surface area contributed by atoms with Crippen LogP contribution in [0.3, 0.4) is 0 Å². The highest BCUT2D eigenvalue weighted by Crippen LogP contribution is 2.32. The van der Waals surface area contributed by atoms with Gasteiger partial charge in [0, 0.05) is 10.8 Å². The monoisotopic (exact) mass is 570 g/mol. The first-order valence-corrected chi connectivity index (χ1v) is 15.1. The number of ketones is 1. The molecule has 10 heteroatoms. The van der Waals surface area contributed by atoms with Crippen LogP contribution in [0.15, 0.2) is 125 Å². The van der Waals surface area contributed by atoms with Crippen molar-refractivity contribution in [2.45, 2.75) is 9.79 Å². The van der Waals surface area contributed by atoms with E-state index in [9.17, 15) is 21.6 Å². The van der Waals surface area contributed by atoms with Crippen LogP contribution >= 0.6 is 0 Å². The summed E-state index contributed by atoms with van der Waals surface area (Å²) in [7, 11) is -7.01. The first-order chi connectivity index (χ1) is 19.2. The Morgan fingerprint density at radius 1 is 0.575 bits per heavy atom. The summed E-state index contributed by atoms with van der Waals surface area (Å²) in [6.07, 6.45) is 0. The summed E-state index contributed by atoms with van der Waals surface area (Å²) >= 11 is 0. The van der Waals surface area contributed by atoms with E-state index in [4.69, 9.17) is 4.74 Å². The average Bonchev–Trinajstić information content (AvgIpc) is 3.57. The van der Waals surface area contributed by atoms with Gasteiger partial charge in [0.25, 0.3) is 20.0 Å². The lowest BCUT2D eigenvalue weighted by atomic mass is 10.2. The third-order valence-corrected chi connectivity index (χ3v) is 10.1. The van der Waals surface area contributed by atoms with Crippen molar-refractivity contribution >= 4 is 47.6 Å². The molecule has 0 aliphatic rings. The van der Waals surface area contributed by atoms with Crippen LogP contribution in [0.2, 0.25) is 0 Å². The molecule has 0 aliphatic carbocycles. The number of aromatic nitrogens is 2. The van der Waals surface area contributed by atoms with Gasteiger partial charge in [0.2, 0.25) is 5.78 Å². The second kappa shape index (κ2) is 9.51. The Kier molecular flexibility index (Phi) is 6.09. The number of nitrogens with zero attached hydrogens (tertiary/aromatic N) is 2. The molecule has 6 aromatic rings. The molecule has 0 saturated heterocycles. The summed E-state index contributed by atoms with van der Waals surface area (Å²) in [5.74, 6) is -0.299. The van der Waals surface area contributed by atoms with E-state index in [1.807, 2.05) is 0 Å². The first-order valence-electron chi connectivity index (χ1n) is 12.2. The molecule has 0 fully saturated rings. The first kappa shape index (κ1) is 25.6. The predicted molar refractivity (Wildman–Crippen MR) is 152 cm³/mol. The minimum atomic E-state index is -4.26. The normalized spacial score (nSPS) is 12.1. The number of para-hydroxylation sites is 1. The Bertz CT molecular complexity index is 2130. The molecule has 0 radical (unpaired) electrons. The summed E-state index contributed by atoms with van der Waals surface area (Å²) in [6, 6.07) is 29.9. The zero-order chi connectivity index (χ0) is 28.1. The summed E-state index contributed by atoms with van der Waals surface area (Å²) in [4.78, 5) is 14.3. The smallest absolute Gasteiger partial charge is 0.268 e. The number of fused-ring (bicyclic) bond motifs is 2. The molecule has 2 aromatic heterocycles. The molecule has 8 nitrogen and oxygen atoms in total. The second-order valence-corrected chi connectivity index (χ2v) is 12.6. The number of carbonyl (C=O) groups is 1. The zero-order valence-electron chi connectivity index (χ0n) is 21.1. The van der Waals surface area contributed by atoms with Crippen LogP contribution in [0.1, 0.15) is 16.2 Å². The van der Waals surface area contributed by atoms with Crippen molar-refractivity contribution in [3.05, 3.63) is 127 Å². The van der Waals surface area contributed by atoms with Crippen LogP contribution in [0.4, 0.5) is 0 Å². The number of benzene rings is 4. The van der Waals surface area contributed by atoms with Crippen LogP contribution in [0.5, 0.6) is 5.75 Å². The molecular formula is C30H22N2O6S2. The van der Waals surface area contributed by atoms with Gasteiger partial charge in [0.1, 0.15) is 17.1 Å². The lowest BCUT2D eigenvalue weighted by Crippen LogP contribution is -2.23. The molecule has 0 bridgehead atoms. The molecule has 4 aromatic carbocycles. The van der Waals surface area contributed by atoms with Crippen molar-refractivity contribution in [2.75, 3.05) is 7.11 Å². The third kappa shape index (κ3) is 4.00. The second-order valence-electron chi connectivity index (χ2n) is 9.04. The highest BCUT2D eigenvalue weighted by atomic mass is 32.2. The molecule has 6 rings (SSSR count). The van der Waals surface area contributed by atoms with E-state index in [0.29, 0.717) is 22.0 Å². The van der Waals surface area contributed by atoms with Crippen LogP contribution in [-0.4, -0.2) is 37.7 Å². The highest BCUT2D eigenvalue weighted by Gasteiger charge is 2.32. The van der Waals surface area contributed by atoms with Gasteiger partial charge in [-0.25, -0.2) is 24.8 Å². The van der Waals surface area contributed by atoms with E-state index in [0.717, 1.165) is 7.94 Å². The maximum Gasteiger partial charge on any atom is 0.268 e. The number of rotatable bonds is 7. The van der Waals surface area contributed by atoms with Gasteiger partial charge in [-0.05, 0) is 60.7 Å². The van der Waals surface area contributed by atoms with E-state index < -0.39 is 25.8 Å². The van der Waals surface area contributed by atoms with Gasteiger partial charge in [0.05, 0.1) is 27.9 Å².